The van der Waals surface area contributed by atoms with Crippen molar-refractivity contribution in [1.29, 1.82) is 0 Å². The maximum atomic E-state index is 12.3. The second kappa shape index (κ2) is 6.62. The summed E-state index contributed by atoms with van der Waals surface area (Å²) in [4.78, 5) is 4.33. The number of alkyl halides is 3. The first-order valence-electron chi connectivity index (χ1n) is 8.10. The number of hydrogen-bond donors (Lipinski definition) is 0. The normalized spacial score (nSPS) is 23.5. The molecule has 1 aromatic rings. The van der Waals surface area contributed by atoms with Gasteiger partial charge < -0.3 is 4.52 Å². The summed E-state index contributed by atoms with van der Waals surface area (Å²) in [6.45, 7) is 0.481. The number of aromatic nitrogens is 2. The van der Waals surface area contributed by atoms with E-state index in [1.807, 2.05) is 0 Å². The summed E-state index contributed by atoms with van der Waals surface area (Å²) < 4.78 is 67.4. The van der Waals surface area contributed by atoms with Crippen molar-refractivity contribution in [3.8, 4) is 0 Å². The van der Waals surface area contributed by atoms with Crippen molar-refractivity contribution < 1.29 is 26.1 Å². The lowest BCUT2D eigenvalue weighted by Crippen LogP contribution is -2.42. The zero-order valence-electron chi connectivity index (χ0n) is 13.1. The van der Waals surface area contributed by atoms with Crippen LogP contribution in [0.1, 0.15) is 49.7 Å². The molecule has 1 aliphatic heterocycles. The van der Waals surface area contributed by atoms with Gasteiger partial charge in [-0.1, -0.05) is 5.16 Å². The Kier molecular flexibility index (Phi) is 4.87. The Balaban J connectivity index is 1.56. The topological polar surface area (TPSA) is 76.3 Å². The van der Waals surface area contributed by atoms with Crippen molar-refractivity contribution in [3.05, 3.63) is 11.7 Å². The molecule has 1 atom stereocenters. The molecular weight excluding hydrogens is 347 g/mol. The van der Waals surface area contributed by atoms with E-state index in [0.29, 0.717) is 30.5 Å². The third kappa shape index (κ3) is 4.69. The Morgan fingerprint density at radius 3 is 2.67 bits per heavy atom. The van der Waals surface area contributed by atoms with Crippen molar-refractivity contribution >= 4 is 10.0 Å². The number of hydrogen-bond acceptors (Lipinski definition) is 5. The van der Waals surface area contributed by atoms with E-state index in [0.717, 1.165) is 19.3 Å². The van der Waals surface area contributed by atoms with Gasteiger partial charge in [0.15, 0.2) is 5.82 Å². The van der Waals surface area contributed by atoms with Crippen LogP contribution >= 0.6 is 0 Å². The second-order valence-electron chi connectivity index (χ2n) is 6.57. The van der Waals surface area contributed by atoms with Gasteiger partial charge in [0, 0.05) is 25.4 Å². The molecule has 2 heterocycles. The van der Waals surface area contributed by atoms with Gasteiger partial charge in [0.25, 0.3) is 0 Å². The van der Waals surface area contributed by atoms with Gasteiger partial charge in [0.1, 0.15) is 0 Å². The van der Waals surface area contributed by atoms with E-state index < -0.39 is 28.4 Å². The molecule has 0 spiro atoms. The van der Waals surface area contributed by atoms with Crippen molar-refractivity contribution in [2.75, 3.05) is 18.8 Å². The van der Waals surface area contributed by atoms with E-state index in [1.54, 1.807) is 0 Å². The van der Waals surface area contributed by atoms with Crippen LogP contribution in [-0.2, 0) is 16.4 Å². The van der Waals surface area contributed by atoms with Gasteiger partial charge in [0.2, 0.25) is 15.9 Å². The highest BCUT2D eigenvalue weighted by Crippen LogP contribution is 2.38. The predicted molar refractivity (Wildman–Crippen MR) is 78.7 cm³/mol. The van der Waals surface area contributed by atoms with Gasteiger partial charge in [-0.15, -0.1) is 0 Å². The standard InChI is InChI=1S/C14H20F3N3O3S/c15-14(16,17)5-7-24(21,22)20-6-1-2-10(9-20)8-12-18-13(19-23-12)11-3-4-11/h10-11H,1-9H2/t10-/m1/s1. The lowest BCUT2D eigenvalue weighted by molar-refractivity contribution is -0.130. The number of sulfonamides is 1. The summed E-state index contributed by atoms with van der Waals surface area (Å²) in [6, 6.07) is 0. The molecule has 2 aliphatic rings. The van der Waals surface area contributed by atoms with Crippen LogP contribution in [0.3, 0.4) is 0 Å². The van der Waals surface area contributed by atoms with Crippen LogP contribution in [-0.4, -0.2) is 47.9 Å². The maximum absolute atomic E-state index is 12.3. The molecule has 6 nitrogen and oxygen atoms in total. The molecule has 3 rings (SSSR count). The largest absolute Gasteiger partial charge is 0.390 e. The molecular formula is C14H20F3N3O3S. The molecule has 10 heteroatoms. The molecule has 1 saturated carbocycles. The van der Waals surface area contributed by atoms with E-state index in [2.05, 4.69) is 10.1 Å². The maximum Gasteiger partial charge on any atom is 0.390 e. The molecule has 1 aromatic heterocycles. The summed E-state index contributed by atoms with van der Waals surface area (Å²) >= 11 is 0. The van der Waals surface area contributed by atoms with Gasteiger partial charge >= 0.3 is 6.18 Å². The first-order valence-corrected chi connectivity index (χ1v) is 9.71. The molecule has 1 aliphatic carbocycles. The van der Waals surface area contributed by atoms with Gasteiger partial charge in [-0.3, -0.25) is 0 Å². The van der Waals surface area contributed by atoms with Crippen molar-refractivity contribution in [3.63, 3.8) is 0 Å². The zero-order valence-corrected chi connectivity index (χ0v) is 13.9. The molecule has 0 radical (unpaired) electrons. The molecule has 0 N–H and O–H groups in total. The highest BCUT2D eigenvalue weighted by Gasteiger charge is 2.35. The third-order valence-corrected chi connectivity index (χ3v) is 6.25. The van der Waals surface area contributed by atoms with Crippen molar-refractivity contribution in [1.82, 2.24) is 14.4 Å². The van der Waals surface area contributed by atoms with Crippen LogP contribution < -0.4 is 0 Å². The highest BCUT2D eigenvalue weighted by atomic mass is 32.2. The van der Waals surface area contributed by atoms with Crippen LogP contribution in [0.15, 0.2) is 4.52 Å². The molecule has 2 fully saturated rings. The van der Waals surface area contributed by atoms with Gasteiger partial charge in [-0.05, 0) is 31.6 Å². The lowest BCUT2D eigenvalue weighted by atomic mass is 9.96. The van der Waals surface area contributed by atoms with E-state index in [4.69, 9.17) is 4.52 Å². The number of nitrogens with zero attached hydrogens (tertiary/aromatic N) is 3. The van der Waals surface area contributed by atoms with Crippen LogP contribution in [0, 0.1) is 5.92 Å². The summed E-state index contributed by atoms with van der Waals surface area (Å²) in [7, 11) is -3.89. The molecule has 0 aromatic carbocycles. The van der Waals surface area contributed by atoms with Gasteiger partial charge in [0.05, 0.1) is 12.2 Å². The summed E-state index contributed by atoms with van der Waals surface area (Å²) in [5.74, 6) is 0.669. The zero-order chi connectivity index (χ0) is 17.4. The Morgan fingerprint density at radius 2 is 2.00 bits per heavy atom. The minimum Gasteiger partial charge on any atom is -0.339 e. The van der Waals surface area contributed by atoms with E-state index >= 15 is 0 Å². The van der Waals surface area contributed by atoms with Crippen LogP contribution in [0.4, 0.5) is 13.2 Å². The number of piperidine rings is 1. The van der Waals surface area contributed by atoms with Crippen LogP contribution in [0.5, 0.6) is 0 Å². The molecule has 1 saturated heterocycles. The summed E-state index contributed by atoms with van der Waals surface area (Å²) in [6.07, 6.45) is -1.77. The van der Waals surface area contributed by atoms with E-state index in [1.165, 1.54) is 4.31 Å². The lowest BCUT2D eigenvalue weighted by Gasteiger charge is -2.31. The minimum atomic E-state index is -4.47. The Bertz CT molecular complexity index is 670. The summed E-state index contributed by atoms with van der Waals surface area (Å²) in [5.41, 5.74) is 0. The van der Waals surface area contributed by atoms with Crippen molar-refractivity contribution in [2.24, 2.45) is 5.92 Å². The Labute approximate surface area is 138 Å². The van der Waals surface area contributed by atoms with Crippen LogP contribution in [0.25, 0.3) is 0 Å². The molecule has 24 heavy (non-hydrogen) atoms. The minimum absolute atomic E-state index is 0.00749. The fourth-order valence-corrected chi connectivity index (χ4v) is 4.52. The second-order valence-corrected chi connectivity index (χ2v) is 8.66. The molecule has 0 unspecified atom stereocenters. The molecule has 136 valence electrons. The Morgan fingerprint density at radius 1 is 1.25 bits per heavy atom. The van der Waals surface area contributed by atoms with Crippen LogP contribution in [0.2, 0.25) is 0 Å². The number of rotatable bonds is 6. The first kappa shape index (κ1) is 17.7. The fraction of sp³-hybridized carbons (Fsp3) is 0.857. The smallest absolute Gasteiger partial charge is 0.339 e. The van der Waals surface area contributed by atoms with Gasteiger partial charge in [-0.25, -0.2) is 12.7 Å². The Hall–Kier alpha value is -1.16. The molecule has 0 amide bonds. The predicted octanol–water partition coefficient (Wildman–Crippen LogP) is 2.48. The van der Waals surface area contributed by atoms with E-state index in [9.17, 15) is 21.6 Å². The average Bonchev–Trinajstić information content (AvgIpc) is 3.26. The van der Waals surface area contributed by atoms with E-state index in [-0.39, 0.29) is 19.0 Å². The van der Waals surface area contributed by atoms with Crippen molar-refractivity contribution in [2.45, 2.75) is 50.6 Å². The molecule has 0 bridgehead atoms. The highest BCUT2D eigenvalue weighted by molar-refractivity contribution is 7.89. The SMILES string of the molecule is O=S(=O)(CCC(F)(F)F)N1CCC[C@H](Cc2nc(C3CC3)no2)C1. The monoisotopic (exact) mass is 367 g/mol. The quantitative estimate of drug-likeness (QED) is 0.772. The number of halogens is 3. The average molecular weight is 367 g/mol. The summed E-state index contributed by atoms with van der Waals surface area (Å²) in [5, 5.41) is 3.92. The van der Waals surface area contributed by atoms with Gasteiger partial charge in [-0.2, -0.15) is 18.2 Å². The fourth-order valence-electron chi connectivity index (χ4n) is 2.93. The first-order chi connectivity index (χ1) is 11.2. The third-order valence-electron chi connectivity index (χ3n) is 4.41.